The maximum atomic E-state index is 13.2. The van der Waals surface area contributed by atoms with Gasteiger partial charge in [0.1, 0.15) is 11.6 Å². The van der Waals surface area contributed by atoms with Crippen LogP contribution in [0.3, 0.4) is 0 Å². The first kappa shape index (κ1) is 21.2. The van der Waals surface area contributed by atoms with Gasteiger partial charge in [0, 0.05) is 5.92 Å². The van der Waals surface area contributed by atoms with Gasteiger partial charge in [0.2, 0.25) is 5.91 Å². The number of carbonyl (C=O) groups is 1. The molecule has 0 radical (unpaired) electrons. The largest absolute Gasteiger partial charge is 0.497 e. The topological polar surface area (TPSA) is 50.4 Å². The lowest BCUT2D eigenvalue weighted by Crippen LogP contribution is -2.40. The number of piperidine rings is 1. The molecule has 1 fully saturated rings. The second kappa shape index (κ2) is 10.3. The molecule has 0 aliphatic carbocycles. The molecule has 146 valence electrons. The fourth-order valence-electron chi connectivity index (χ4n) is 3.32. The summed E-state index contributed by atoms with van der Waals surface area (Å²) in [7, 11) is 1.63. The molecule has 6 heteroatoms. The highest BCUT2D eigenvalue weighted by molar-refractivity contribution is 5.85. The van der Waals surface area contributed by atoms with E-state index in [4.69, 9.17) is 4.74 Å². The average Bonchev–Trinajstić information content (AvgIpc) is 2.70. The second-order valence-corrected chi connectivity index (χ2v) is 6.69. The molecular weight excluding hydrogens is 367 g/mol. The number of halogens is 2. The van der Waals surface area contributed by atoms with Crippen LogP contribution >= 0.6 is 12.4 Å². The number of methoxy groups -OCH3 is 1. The predicted molar refractivity (Wildman–Crippen MR) is 107 cm³/mol. The lowest BCUT2D eigenvalue weighted by molar-refractivity contribution is -0.126. The van der Waals surface area contributed by atoms with Crippen LogP contribution in [0.5, 0.6) is 5.75 Å². The summed E-state index contributed by atoms with van der Waals surface area (Å²) in [6.07, 6.45) is 2.33. The van der Waals surface area contributed by atoms with Crippen LogP contribution in [0.2, 0.25) is 0 Å². The Bertz CT molecular complexity index is 716. The zero-order chi connectivity index (χ0) is 18.4. The minimum Gasteiger partial charge on any atom is -0.497 e. The number of rotatable bonds is 6. The third-order valence-electron chi connectivity index (χ3n) is 4.90. The second-order valence-electron chi connectivity index (χ2n) is 6.69. The number of ether oxygens (including phenoxy) is 1. The smallest absolute Gasteiger partial charge is 0.223 e. The number of hydrogen-bond donors (Lipinski definition) is 2. The molecule has 4 nitrogen and oxygen atoms in total. The molecule has 1 aliphatic heterocycles. The van der Waals surface area contributed by atoms with Crippen molar-refractivity contribution in [3.63, 3.8) is 0 Å². The predicted octanol–water partition coefficient (Wildman–Crippen LogP) is 3.66. The normalized spacial score (nSPS) is 15.5. The molecule has 2 N–H and O–H groups in total. The van der Waals surface area contributed by atoms with Crippen molar-refractivity contribution in [2.24, 2.45) is 5.92 Å². The average molecular weight is 393 g/mol. The van der Waals surface area contributed by atoms with Crippen molar-refractivity contribution in [3.8, 4) is 5.75 Å². The molecule has 2 aromatic rings. The van der Waals surface area contributed by atoms with Crippen molar-refractivity contribution in [3.05, 3.63) is 65.5 Å². The highest BCUT2D eigenvalue weighted by Crippen LogP contribution is 2.23. The minimum atomic E-state index is -0.256. The summed E-state index contributed by atoms with van der Waals surface area (Å²) in [4.78, 5) is 12.7. The van der Waals surface area contributed by atoms with Gasteiger partial charge in [0.05, 0.1) is 13.2 Å². The van der Waals surface area contributed by atoms with Crippen LogP contribution in [-0.4, -0.2) is 26.1 Å². The Kier molecular flexibility index (Phi) is 8.07. The van der Waals surface area contributed by atoms with Gasteiger partial charge < -0.3 is 15.4 Å². The molecule has 1 saturated heterocycles. The molecule has 1 amide bonds. The first-order chi connectivity index (χ1) is 12.7. The van der Waals surface area contributed by atoms with Crippen LogP contribution in [0.1, 0.15) is 30.0 Å². The lowest BCUT2D eigenvalue weighted by atomic mass is 9.94. The number of hydrogen-bond acceptors (Lipinski definition) is 3. The molecule has 1 heterocycles. The Labute approximate surface area is 165 Å². The zero-order valence-corrected chi connectivity index (χ0v) is 16.2. The fraction of sp³-hybridized carbons (Fsp3) is 0.381. The van der Waals surface area contributed by atoms with E-state index in [0.717, 1.165) is 42.8 Å². The van der Waals surface area contributed by atoms with Crippen molar-refractivity contribution < 1.29 is 13.9 Å². The summed E-state index contributed by atoms with van der Waals surface area (Å²) >= 11 is 0. The molecular formula is C21H26ClFN2O2. The first-order valence-electron chi connectivity index (χ1n) is 9.05. The van der Waals surface area contributed by atoms with Crippen LogP contribution in [0.15, 0.2) is 48.5 Å². The Morgan fingerprint density at radius 3 is 2.37 bits per heavy atom. The SMILES string of the molecule is COc1ccc(C(Cc2ccc(F)cc2)NC(=O)C2CCNCC2)cc1.Cl. The number of carbonyl (C=O) groups excluding carboxylic acids is 1. The quantitative estimate of drug-likeness (QED) is 0.788. The number of nitrogens with one attached hydrogen (secondary N) is 2. The Morgan fingerprint density at radius 2 is 1.78 bits per heavy atom. The van der Waals surface area contributed by atoms with Gasteiger partial charge in [-0.25, -0.2) is 4.39 Å². The first-order valence-corrected chi connectivity index (χ1v) is 9.05. The maximum Gasteiger partial charge on any atom is 0.223 e. The van der Waals surface area contributed by atoms with E-state index in [1.54, 1.807) is 19.2 Å². The van der Waals surface area contributed by atoms with E-state index in [1.165, 1.54) is 12.1 Å². The molecule has 0 aromatic heterocycles. The summed E-state index contributed by atoms with van der Waals surface area (Å²) in [5.74, 6) is 0.659. The number of benzene rings is 2. The monoisotopic (exact) mass is 392 g/mol. The van der Waals surface area contributed by atoms with Crippen LogP contribution < -0.4 is 15.4 Å². The van der Waals surface area contributed by atoms with Gasteiger partial charge in [-0.05, 0) is 67.7 Å². The molecule has 0 saturated carbocycles. The maximum absolute atomic E-state index is 13.2. The van der Waals surface area contributed by atoms with E-state index in [2.05, 4.69) is 10.6 Å². The van der Waals surface area contributed by atoms with Gasteiger partial charge in [-0.3, -0.25) is 4.79 Å². The highest BCUT2D eigenvalue weighted by Gasteiger charge is 2.24. The number of amides is 1. The van der Waals surface area contributed by atoms with E-state index in [-0.39, 0.29) is 36.1 Å². The Morgan fingerprint density at radius 1 is 1.15 bits per heavy atom. The molecule has 1 aliphatic rings. The van der Waals surface area contributed by atoms with Crippen molar-refractivity contribution in [2.75, 3.05) is 20.2 Å². The molecule has 2 aromatic carbocycles. The summed E-state index contributed by atoms with van der Waals surface area (Å²) in [5, 5.41) is 6.49. The van der Waals surface area contributed by atoms with E-state index in [0.29, 0.717) is 6.42 Å². The van der Waals surface area contributed by atoms with Crippen molar-refractivity contribution in [2.45, 2.75) is 25.3 Å². The summed E-state index contributed by atoms with van der Waals surface area (Å²) in [6.45, 7) is 1.76. The van der Waals surface area contributed by atoms with Gasteiger partial charge in [0.25, 0.3) is 0 Å². The van der Waals surface area contributed by atoms with Crippen LogP contribution in [0.4, 0.5) is 4.39 Å². The van der Waals surface area contributed by atoms with Crippen LogP contribution in [0, 0.1) is 11.7 Å². The summed E-state index contributed by atoms with van der Waals surface area (Å²) < 4.78 is 18.4. The summed E-state index contributed by atoms with van der Waals surface area (Å²) in [6, 6.07) is 14.0. The van der Waals surface area contributed by atoms with Gasteiger partial charge in [-0.15, -0.1) is 12.4 Å². The van der Waals surface area contributed by atoms with Crippen molar-refractivity contribution in [1.82, 2.24) is 10.6 Å². The summed E-state index contributed by atoms with van der Waals surface area (Å²) in [5.41, 5.74) is 2.00. The minimum absolute atomic E-state index is 0. The highest BCUT2D eigenvalue weighted by atomic mass is 35.5. The van der Waals surface area contributed by atoms with Crippen LogP contribution in [0.25, 0.3) is 0 Å². The van der Waals surface area contributed by atoms with Crippen molar-refractivity contribution in [1.29, 1.82) is 0 Å². The molecule has 1 atom stereocenters. The third kappa shape index (κ3) is 5.94. The molecule has 1 unspecified atom stereocenters. The van der Waals surface area contributed by atoms with Crippen LogP contribution in [-0.2, 0) is 11.2 Å². The van der Waals surface area contributed by atoms with E-state index >= 15 is 0 Å². The molecule has 3 rings (SSSR count). The fourth-order valence-corrected chi connectivity index (χ4v) is 3.32. The standard InChI is InChI=1S/C21H25FN2O2.ClH/c1-26-19-8-4-16(5-9-19)20(14-15-2-6-18(22)7-3-15)24-21(25)17-10-12-23-13-11-17;/h2-9,17,20,23H,10-14H2,1H3,(H,24,25);1H. The lowest BCUT2D eigenvalue weighted by Gasteiger charge is -2.26. The van der Waals surface area contributed by atoms with Gasteiger partial charge in [-0.2, -0.15) is 0 Å². The molecule has 0 bridgehead atoms. The van der Waals surface area contributed by atoms with Gasteiger partial charge in [0.15, 0.2) is 0 Å². The zero-order valence-electron chi connectivity index (χ0n) is 15.4. The molecule has 27 heavy (non-hydrogen) atoms. The van der Waals surface area contributed by atoms with Crippen molar-refractivity contribution >= 4 is 18.3 Å². The Hall–Kier alpha value is -2.11. The van der Waals surface area contributed by atoms with E-state index in [1.807, 2.05) is 24.3 Å². The van der Waals surface area contributed by atoms with E-state index < -0.39 is 0 Å². The van der Waals surface area contributed by atoms with E-state index in [9.17, 15) is 9.18 Å². The van der Waals surface area contributed by atoms with Gasteiger partial charge in [-0.1, -0.05) is 24.3 Å². The molecule has 0 spiro atoms. The Balaban J connectivity index is 0.00000261. The third-order valence-corrected chi connectivity index (χ3v) is 4.90. The van der Waals surface area contributed by atoms with Gasteiger partial charge >= 0.3 is 0 Å².